The highest BCUT2D eigenvalue weighted by Gasteiger charge is 2.12. The third-order valence-corrected chi connectivity index (χ3v) is 3.80. The first-order valence-corrected chi connectivity index (χ1v) is 6.61. The van der Waals surface area contributed by atoms with E-state index in [1.165, 1.54) is 0 Å². The molecule has 0 spiro atoms. The van der Waals surface area contributed by atoms with Crippen LogP contribution < -0.4 is 5.32 Å². The molecule has 0 fully saturated rings. The number of alkyl halides is 1. The Morgan fingerprint density at radius 3 is 2.75 bits per heavy atom. The SMILES string of the molecule is CCC(CCl)NC(=O)c1ccc(Br)c(Cl)c1. The van der Waals surface area contributed by atoms with Crippen molar-refractivity contribution in [1.29, 1.82) is 0 Å². The van der Waals surface area contributed by atoms with Crippen LogP contribution >= 0.6 is 39.1 Å². The second-order valence-electron chi connectivity index (χ2n) is 3.36. The van der Waals surface area contributed by atoms with Gasteiger partial charge in [0.05, 0.1) is 5.02 Å². The topological polar surface area (TPSA) is 29.1 Å². The van der Waals surface area contributed by atoms with Crippen molar-refractivity contribution in [1.82, 2.24) is 5.32 Å². The Hall–Kier alpha value is -0.250. The number of halogens is 3. The summed E-state index contributed by atoms with van der Waals surface area (Å²) in [6.07, 6.45) is 0.805. The molecular weight excluding hydrogens is 313 g/mol. The van der Waals surface area contributed by atoms with Crippen molar-refractivity contribution >= 4 is 45.0 Å². The molecule has 1 rings (SSSR count). The molecule has 5 heteroatoms. The molecule has 0 aromatic heterocycles. The van der Waals surface area contributed by atoms with Gasteiger partial charge >= 0.3 is 0 Å². The summed E-state index contributed by atoms with van der Waals surface area (Å²) in [7, 11) is 0. The normalized spacial score (nSPS) is 12.2. The van der Waals surface area contributed by atoms with Crippen LogP contribution in [-0.2, 0) is 0 Å². The van der Waals surface area contributed by atoms with E-state index in [-0.39, 0.29) is 11.9 Å². The first-order valence-electron chi connectivity index (χ1n) is 4.90. The highest BCUT2D eigenvalue weighted by atomic mass is 79.9. The van der Waals surface area contributed by atoms with Gasteiger partial charge in [-0.05, 0) is 40.5 Å². The molecule has 1 aromatic rings. The van der Waals surface area contributed by atoms with E-state index < -0.39 is 0 Å². The van der Waals surface area contributed by atoms with Crippen LogP contribution in [0.2, 0.25) is 5.02 Å². The van der Waals surface area contributed by atoms with Crippen LogP contribution in [0.4, 0.5) is 0 Å². The van der Waals surface area contributed by atoms with Crippen molar-refractivity contribution in [3.05, 3.63) is 33.3 Å². The summed E-state index contributed by atoms with van der Waals surface area (Å²) in [6.45, 7) is 1.97. The van der Waals surface area contributed by atoms with Crippen LogP contribution in [0.25, 0.3) is 0 Å². The average Bonchev–Trinajstić information content (AvgIpc) is 2.29. The standard InChI is InChI=1S/C11H12BrCl2NO/c1-2-8(6-13)15-11(16)7-3-4-9(12)10(14)5-7/h3-5,8H,2,6H2,1H3,(H,15,16). The predicted octanol–water partition coefficient (Wildman–Crippen LogP) is 3.85. The van der Waals surface area contributed by atoms with Gasteiger partial charge in [0.15, 0.2) is 0 Å². The first-order chi connectivity index (χ1) is 7.58. The van der Waals surface area contributed by atoms with Gasteiger partial charge in [0.25, 0.3) is 5.91 Å². The van der Waals surface area contributed by atoms with Crippen molar-refractivity contribution in [3.8, 4) is 0 Å². The molecule has 0 saturated carbocycles. The summed E-state index contributed by atoms with van der Waals surface area (Å²) in [6, 6.07) is 5.09. The van der Waals surface area contributed by atoms with Gasteiger partial charge < -0.3 is 5.32 Å². The third kappa shape index (κ3) is 3.65. The molecule has 1 aromatic carbocycles. The smallest absolute Gasteiger partial charge is 0.251 e. The molecule has 1 unspecified atom stereocenters. The number of nitrogens with one attached hydrogen (secondary N) is 1. The van der Waals surface area contributed by atoms with Crippen molar-refractivity contribution in [2.24, 2.45) is 0 Å². The zero-order valence-electron chi connectivity index (χ0n) is 8.77. The van der Waals surface area contributed by atoms with Crippen molar-refractivity contribution in [2.75, 3.05) is 5.88 Å². The molecule has 0 bridgehead atoms. The van der Waals surface area contributed by atoms with E-state index >= 15 is 0 Å². The van der Waals surface area contributed by atoms with E-state index in [4.69, 9.17) is 23.2 Å². The lowest BCUT2D eigenvalue weighted by molar-refractivity contribution is 0.0940. The van der Waals surface area contributed by atoms with E-state index in [9.17, 15) is 4.79 Å². The largest absolute Gasteiger partial charge is 0.348 e. The molecule has 0 aliphatic carbocycles. The van der Waals surface area contributed by atoms with Crippen molar-refractivity contribution in [3.63, 3.8) is 0 Å². The Labute approximate surface area is 113 Å². The third-order valence-electron chi connectivity index (χ3n) is 2.20. The van der Waals surface area contributed by atoms with Gasteiger partial charge in [-0.2, -0.15) is 0 Å². The number of hydrogen-bond donors (Lipinski definition) is 1. The Kier molecular flexibility index (Phi) is 5.59. The molecule has 1 atom stereocenters. The minimum absolute atomic E-state index is 0.00316. The van der Waals surface area contributed by atoms with Crippen LogP contribution in [0.15, 0.2) is 22.7 Å². The average molecular weight is 325 g/mol. The second kappa shape index (κ2) is 6.48. The minimum atomic E-state index is -0.151. The van der Waals surface area contributed by atoms with Crippen LogP contribution in [0, 0.1) is 0 Å². The zero-order valence-corrected chi connectivity index (χ0v) is 11.9. The summed E-state index contributed by atoms with van der Waals surface area (Å²) in [5, 5.41) is 3.35. The van der Waals surface area contributed by atoms with Crippen molar-refractivity contribution < 1.29 is 4.79 Å². The molecule has 0 aliphatic heterocycles. The van der Waals surface area contributed by atoms with Crippen LogP contribution in [0.1, 0.15) is 23.7 Å². The molecule has 0 radical (unpaired) electrons. The van der Waals surface area contributed by atoms with Crippen molar-refractivity contribution in [2.45, 2.75) is 19.4 Å². The molecule has 2 nitrogen and oxygen atoms in total. The summed E-state index contributed by atoms with van der Waals surface area (Å²) >= 11 is 14.9. The van der Waals surface area contributed by atoms with Crippen LogP contribution in [-0.4, -0.2) is 17.8 Å². The summed E-state index contributed by atoms with van der Waals surface area (Å²) in [5.41, 5.74) is 0.539. The maximum Gasteiger partial charge on any atom is 0.251 e. The lowest BCUT2D eigenvalue weighted by Gasteiger charge is -2.13. The molecule has 1 amide bonds. The second-order valence-corrected chi connectivity index (χ2v) is 4.93. The highest BCUT2D eigenvalue weighted by molar-refractivity contribution is 9.10. The summed E-state index contributed by atoms with van der Waals surface area (Å²) in [4.78, 5) is 11.8. The number of benzene rings is 1. The van der Waals surface area contributed by atoms with Gasteiger partial charge in [-0.3, -0.25) is 4.79 Å². The van der Waals surface area contributed by atoms with Gasteiger partial charge in [0, 0.05) is 22.0 Å². The van der Waals surface area contributed by atoms with E-state index in [2.05, 4.69) is 21.2 Å². The molecule has 0 saturated heterocycles. The highest BCUT2D eigenvalue weighted by Crippen LogP contribution is 2.23. The first kappa shape index (κ1) is 13.8. The molecule has 0 aliphatic rings. The maximum atomic E-state index is 11.8. The van der Waals surface area contributed by atoms with Gasteiger partial charge in [0.1, 0.15) is 0 Å². The van der Waals surface area contributed by atoms with E-state index in [1.807, 2.05) is 6.92 Å². The molecule has 0 heterocycles. The molecule has 88 valence electrons. The van der Waals surface area contributed by atoms with Gasteiger partial charge in [0.2, 0.25) is 0 Å². The number of rotatable bonds is 4. The quantitative estimate of drug-likeness (QED) is 0.837. The Balaban J connectivity index is 2.76. The van der Waals surface area contributed by atoms with Crippen LogP contribution in [0.3, 0.4) is 0 Å². The van der Waals surface area contributed by atoms with Crippen LogP contribution in [0.5, 0.6) is 0 Å². The molecule has 16 heavy (non-hydrogen) atoms. The van der Waals surface area contributed by atoms with E-state index in [0.29, 0.717) is 16.5 Å². The number of amides is 1. The lowest BCUT2D eigenvalue weighted by Crippen LogP contribution is -2.35. The Bertz CT molecular complexity index is 380. The number of carbonyl (C=O) groups excluding carboxylic acids is 1. The Morgan fingerprint density at radius 2 is 2.25 bits per heavy atom. The summed E-state index contributed by atoms with van der Waals surface area (Å²) < 4.78 is 0.773. The van der Waals surface area contributed by atoms with E-state index in [0.717, 1.165) is 10.9 Å². The van der Waals surface area contributed by atoms with Gasteiger partial charge in [-0.1, -0.05) is 18.5 Å². The zero-order chi connectivity index (χ0) is 12.1. The van der Waals surface area contributed by atoms with Gasteiger partial charge in [-0.25, -0.2) is 0 Å². The monoisotopic (exact) mass is 323 g/mol. The van der Waals surface area contributed by atoms with E-state index in [1.54, 1.807) is 18.2 Å². The predicted molar refractivity (Wildman–Crippen MR) is 71.4 cm³/mol. The van der Waals surface area contributed by atoms with Gasteiger partial charge in [-0.15, -0.1) is 11.6 Å². The minimum Gasteiger partial charge on any atom is -0.348 e. The number of carbonyl (C=O) groups is 1. The summed E-state index contributed by atoms with van der Waals surface area (Å²) in [5.74, 6) is 0.258. The maximum absolute atomic E-state index is 11.8. The Morgan fingerprint density at radius 1 is 1.56 bits per heavy atom. The fourth-order valence-electron chi connectivity index (χ4n) is 1.16. The molecule has 1 N–H and O–H groups in total. The fourth-order valence-corrected chi connectivity index (χ4v) is 1.88. The fraction of sp³-hybridized carbons (Fsp3) is 0.364. The molecular formula is C11H12BrCl2NO. The lowest BCUT2D eigenvalue weighted by atomic mass is 10.2. The number of hydrogen-bond acceptors (Lipinski definition) is 1.